The number of carboxylic acid groups (broad SMARTS) is 1. The van der Waals surface area contributed by atoms with Gasteiger partial charge in [-0.15, -0.1) is 0 Å². The SMILES string of the molecule is CN(C(=O)c1ccc(C(=NC(=O)OC(C)(C)C)N(C(=O)OC(C)(C)C)C(=O)OC(C)(C)C)cc1)[C@@H](Cc1ccc([N+](=O)[O-])cc1)C(=O)N1CCc2nn(CC(=O)O)cc2C1. The Morgan fingerprint density at radius 1 is 0.850 bits per heavy atom. The summed E-state index contributed by atoms with van der Waals surface area (Å²) in [5.41, 5.74) is -1.40. The number of carbonyl (C=O) groups excluding carboxylic acids is 5. The fraction of sp³-hybridized carbons (Fsp3) is 0.463. The number of benzene rings is 2. The molecule has 1 atom stereocenters. The number of hydrogen-bond donors (Lipinski definition) is 1. The quantitative estimate of drug-likeness (QED) is 0.0858. The Labute approximate surface area is 347 Å². The molecule has 2 aromatic carbocycles. The van der Waals surface area contributed by atoms with Crippen LogP contribution in [0.1, 0.15) is 95.1 Å². The molecule has 0 aliphatic carbocycles. The number of aliphatic carboxylic acids is 1. The van der Waals surface area contributed by atoms with E-state index < -0.39 is 69.7 Å². The molecule has 1 aromatic heterocycles. The zero-order valence-corrected chi connectivity index (χ0v) is 35.4. The number of nitrogens with zero attached hydrogens (tertiary/aromatic N) is 7. The highest BCUT2D eigenvalue weighted by atomic mass is 16.6. The predicted octanol–water partition coefficient (Wildman–Crippen LogP) is 6.00. The smallest absolute Gasteiger partial charge is 0.436 e. The number of nitro groups is 1. The number of amides is 5. The van der Waals surface area contributed by atoms with Crippen LogP contribution in [0.5, 0.6) is 0 Å². The summed E-state index contributed by atoms with van der Waals surface area (Å²) in [5.74, 6) is -2.64. The van der Waals surface area contributed by atoms with Gasteiger partial charge in [-0.25, -0.2) is 14.4 Å². The maximum atomic E-state index is 14.3. The fourth-order valence-electron chi connectivity index (χ4n) is 5.94. The summed E-state index contributed by atoms with van der Waals surface area (Å²) in [6.45, 7) is 14.3. The number of imide groups is 1. The van der Waals surface area contributed by atoms with Crippen molar-refractivity contribution in [3.05, 3.63) is 92.8 Å². The van der Waals surface area contributed by atoms with Crippen LogP contribution in [0.2, 0.25) is 0 Å². The van der Waals surface area contributed by atoms with Crippen LogP contribution in [-0.4, -0.2) is 113 Å². The van der Waals surface area contributed by atoms with Gasteiger partial charge in [0.2, 0.25) is 5.91 Å². The number of non-ortho nitro benzene ring substituents is 1. The van der Waals surface area contributed by atoms with Gasteiger partial charge < -0.3 is 29.1 Å². The first-order chi connectivity index (χ1) is 27.7. The van der Waals surface area contributed by atoms with Gasteiger partial charge in [0.25, 0.3) is 11.6 Å². The third-order valence-electron chi connectivity index (χ3n) is 8.51. The average Bonchev–Trinajstić information content (AvgIpc) is 3.51. The zero-order valence-electron chi connectivity index (χ0n) is 35.4. The summed E-state index contributed by atoms with van der Waals surface area (Å²) in [4.78, 5) is 98.2. The van der Waals surface area contributed by atoms with E-state index in [9.17, 15) is 44.0 Å². The van der Waals surface area contributed by atoms with Gasteiger partial charge in [0.15, 0.2) is 5.84 Å². The Bertz CT molecular complexity index is 2130. The molecule has 0 saturated heterocycles. The van der Waals surface area contributed by atoms with Crippen LogP contribution >= 0.6 is 0 Å². The van der Waals surface area contributed by atoms with Gasteiger partial charge >= 0.3 is 24.2 Å². The minimum Gasteiger partial charge on any atom is -0.480 e. The van der Waals surface area contributed by atoms with Gasteiger partial charge in [0.05, 0.1) is 10.6 Å². The molecule has 19 nitrogen and oxygen atoms in total. The van der Waals surface area contributed by atoms with Crippen LogP contribution in [0.25, 0.3) is 0 Å². The summed E-state index contributed by atoms with van der Waals surface area (Å²) in [6, 6.07) is 9.90. The molecule has 0 bridgehead atoms. The molecule has 4 rings (SSSR count). The monoisotopic (exact) mass is 833 g/mol. The van der Waals surface area contributed by atoms with Gasteiger partial charge in [-0.1, -0.05) is 24.3 Å². The first kappa shape index (κ1) is 46.0. The van der Waals surface area contributed by atoms with Crippen molar-refractivity contribution in [2.45, 2.75) is 111 Å². The number of amidine groups is 1. The van der Waals surface area contributed by atoms with Crippen molar-refractivity contribution in [1.29, 1.82) is 0 Å². The molecule has 1 N–H and O–H groups in total. The number of hydrogen-bond acceptors (Lipinski definition) is 12. The zero-order chi connectivity index (χ0) is 44.9. The lowest BCUT2D eigenvalue weighted by Crippen LogP contribution is -2.51. The minimum absolute atomic E-state index is 0.0165. The lowest BCUT2D eigenvalue weighted by atomic mass is 10.00. The number of nitro benzene ring substituents is 1. The normalized spacial score (nSPS) is 13.7. The summed E-state index contributed by atoms with van der Waals surface area (Å²) in [7, 11) is 1.44. The lowest BCUT2D eigenvalue weighted by Gasteiger charge is -2.34. The van der Waals surface area contributed by atoms with E-state index in [0.29, 0.717) is 28.1 Å². The fourth-order valence-corrected chi connectivity index (χ4v) is 5.94. The van der Waals surface area contributed by atoms with Crippen LogP contribution in [-0.2, 0) is 49.7 Å². The van der Waals surface area contributed by atoms with E-state index in [2.05, 4.69) is 10.1 Å². The third kappa shape index (κ3) is 12.7. The Kier molecular flexibility index (Phi) is 13.9. The molecule has 60 heavy (non-hydrogen) atoms. The first-order valence-corrected chi connectivity index (χ1v) is 19.0. The van der Waals surface area contributed by atoms with E-state index in [1.54, 1.807) is 73.4 Å². The van der Waals surface area contributed by atoms with Gasteiger partial charge in [-0.3, -0.25) is 29.2 Å². The second-order valence-corrected chi connectivity index (χ2v) is 17.1. The van der Waals surface area contributed by atoms with Gasteiger partial charge in [0, 0.05) is 68.0 Å². The summed E-state index contributed by atoms with van der Waals surface area (Å²) in [6.07, 6.45) is -1.66. The molecular weight excluding hydrogens is 782 g/mol. The number of likely N-dealkylation sites (N-methyl/N-ethyl adjacent to an activating group) is 1. The van der Waals surface area contributed by atoms with E-state index in [1.807, 2.05) is 0 Å². The van der Waals surface area contributed by atoms with Crippen LogP contribution in [0, 0.1) is 10.1 Å². The van der Waals surface area contributed by atoms with E-state index in [4.69, 9.17) is 14.2 Å². The van der Waals surface area contributed by atoms with E-state index in [-0.39, 0.29) is 42.9 Å². The van der Waals surface area contributed by atoms with Crippen molar-refractivity contribution >= 4 is 47.6 Å². The van der Waals surface area contributed by atoms with Crippen molar-refractivity contribution < 1.29 is 53.0 Å². The number of rotatable bonds is 9. The molecule has 0 spiro atoms. The van der Waals surface area contributed by atoms with Crippen LogP contribution in [0.4, 0.5) is 20.1 Å². The highest BCUT2D eigenvalue weighted by Crippen LogP contribution is 2.24. The lowest BCUT2D eigenvalue weighted by molar-refractivity contribution is -0.384. The van der Waals surface area contributed by atoms with Crippen molar-refractivity contribution in [2.24, 2.45) is 4.99 Å². The number of carbonyl (C=O) groups is 6. The maximum Gasteiger partial charge on any atom is 0.436 e. The van der Waals surface area contributed by atoms with E-state index in [1.165, 1.54) is 65.2 Å². The predicted molar refractivity (Wildman–Crippen MR) is 215 cm³/mol. The molecule has 0 unspecified atom stereocenters. The van der Waals surface area contributed by atoms with Gasteiger partial charge in [0.1, 0.15) is 29.4 Å². The van der Waals surface area contributed by atoms with Gasteiger partial charge in [-0.05, 0) is 80.0 Å². The summed E-state index contributed by atoms with van der Waals surface area (Å²) in [5, 5.41) is 24.9. The van der Waals surface area contributed by atoms with E-state index in [0.717, 1.165) is 0 Å². The Morgan fingerprint density at radius 2 is 1.38 bits per heavy atom. The Balaban J connectivity index is 1.73. The first-order valence-electron chi connectivity index (χ1n) is 19.0. The van der Waals surface area contributed by atoms with Gasteiger partial charge in [-0.2, -0.15) is 15.0 Å². The standard InChI is InChI=1S/C41H51N7O12/c1-39(2,3)58-36(53)42-33(47(37(54)59-40(4,5)6)38(55)60-41(7,8)9)26-13-15-27(16-14-26)34(51)44(10)31(21-25-11-17-29(18-12-25)48(56)57)35(52)45-20-19-30-28(22-45)23-46(43-30)24-32(49)50/h11-18,23,31H,19-22,24H2,1-10H3,(H,49,50)/t31-/m0/s1. The molecule has 2 heterocycles. The highest BCUT2D eigenvalue weighted by Gasteiger charge is 2.38. The molecule has 0 saturated carbocycles. The van der Waals surface area contributed by atoms with Crippen molar-refractivity contribution in [3.63, 3.8) is 0 Å². The second kappa shape index (κ2) is 18.1. The van der Waals surface area contributed by atoms with E-state index >= 15 is 0 Å². The molecule has 322 valence electrons. The number of fused-ring (bicyclic) bond motifs is 1. The Morgan fingerprint density at radius 3 is 1.88 bits per heavy atom. The molecule has 0 fully saturated rings. The largest absolute Gasteiger partial charge is 0.480 e. The second-order valence-electron chi connectivity index (χ2n) is 17.1. The van der Waals surface area contributed by atoms with Crippen molar-refractivity contribution in [2.75, 3.05) is 13.6 Å². The molecule has 1 aliphatic heterocycles. The molecule has 5 amide bonds. The molecule has 3 aromatic rings. The summed E-state index contributed by atoms with van der Waals surface area (Å²) < 4.78 is 17.7. The highest BCUT2D eigenvalue weighted by molar-refractivity contribution is 6.18. The topological polar surface area (TPSA) is 233 Å². The summed E-state index contributed by atoms with van der Waals surface area (Å²) >= 11 is 0. The number of ether oxygens (including phenoxy) is 3. The minimum atomic E-state index is -1.20. The molecular formula is C41H51N7O12. The maximum absolute atomic E-state index is 14.3. The number of aromatic nitrogens is 2. The van der Waals surface area contributed by atoms with Crippen molar-refractivity contribution in [3.8, 4) is 0 Å². The third-order valence-corrected chi connectivity index (χ3v) is 8.51. The Hall–Kier alpha value is -6.66. The van der Waals surface area contributed by atoms with Crippen LogP contribution in [0.15, 0.2) is 59.7 Å². The van der Waals surface area contributed by atoms with Crippen LogP contribution < -0.4 is 0 Å². The molecule has 19 heteroatoms. The molecule has 1 aliphatic rings. The number of carboxylic acids is 1. The number of aliphatic imine (C=N–C) groups is 1. The average molecular weight is 834 g/mol. The van der Waals surface area contributed by atoms with Crippen molar-refractivity contribution in [1.82, 2.24) is 24.5 Å². The molecule has 0 radical (unpaired) electrons. The van der Waals surface area contributed by atoms with Crippen LogP contribution in [0.3, 0.4) is 0 Å².